The van der Waals surface area contributed by atoms with Crippen LogP contribution in [-0.4, -0.2) is 10.7 Å². The number of Topliss-reactive ketones (excluding diaryl/α,β-unsaturated/α-hetero) is 1. The number of nitrogens with zero attached hydrogens (tertiary/aromatic N) is 1. The number of carbonyl (C=O) groups excluding carboxylic acids is 1. The van der Waals surface area contributed by atoms with Crippen LogP contribution in [0.15, 0.2) is 36.9 Å². The van der Waals surface area contributed by atoms with Crippen LogP contribution in [0.25, 0.3) is 0 Å². The first-order chi connectivity index (χ1) is 7.56. The van der Waals surface area contributed by atoms with Crippen molar-refractivity contribution >= 4 is 11.5 Å². The van der Waals surface area contributed by atoms with E-state index in [1.165, 1.54) is 18.2 Å². The minimum absolute atomic E-state index is 0.0423. The number of rotatable bonds is 3. The highest BCUT2D eigenvalue weighted by Crippen LogP contribution is 2.14. The van der Waals surface area contributed by atoms with E-state index < -0.39 is 4.92 Å². The van der Waals surface area contributed by atoms with Gasteiger partial charge in [0.1, 0.15) is 0 Å². The van der Waals surface area contributed by atoms with E-state index in [0.717, 1.165) is 0 Å². The van der Waals surface area contributed by atoms with Crippen molar-refractivity contribution in [1.82, 2.24) is 0 Å². The van der Waals surface area contributed by atoms with E-state index in [1.54, 1.807) is 19.1 Å². The number of hydrogen-bond acceptors (Lipinski definition) is 3. The quantitative estimate of drug-likeness (QED) is 0.340. The largest absolute Gasteiger partial charge is 0.294 e. The second-order valence-corrected chi connectivity index (χ2v) is 2.99. The second kappa shape index (κ2) is 7.34. The summed E-state index contributed by atoms with van der Waals surface area (Å²) in [5.41, 5.74) is 0.357. The molecule has 0 bridgehead atoms. The molecule has 0 saturated heterocycles. The van der Waals surface area contributed by atoms with Crippen molar-refractivity contribution in [3.8, 4) is 0 Å². The molecule has 0 unspecified atom stereocenters. The van der Waals surface area contributed by atoms with Gasteiger partial charge in [-0.1, -0.05) is 25.1 Å². The number of non-ortho nitro benzene ring substituents is 1. The third kappa shape index (κ3) is 4.50. The fraction of sp³-hybridized carbons (Fsp3) is 0.250. The van der Waals surface area contributed by atoms with Gasteiger partial charge in [0.25, 0.3) is 5.69 Å². The summed E-state index contributed by atoms with van der Waals surface area (Å²) in [6.07, 6.45) is 2.11. The minimum Gasteiger partial charge on any atom is -0.294 e. The van der Waals surface area contributed by atoms with Gasteiger partial charge in [-0.05, 0) is 6.92 Å². The maximum atomic E-state index is 11.2. The number of hydrogen-bond donors (Lipinski definition) is 0. The normalized spacial score (nSPS) is 8.62. The van der Waals surface area contributed by atoms with Gasteiger partial charge in [0.2, 0.25) is 0 Å². The standard InChI is InChI=1S/C9H9NO3.C3H6/c1-2-9(11)7-4-3-5-8(6-7)10(12)13;1-3-2/h3-6H,2H2,1H3;3H,1H2,2H3. The van der Waals surface area contributed by atoms with Gasteiger partial charge in [0.05, 0.1) is 4.92 Å². The first-order valence-corrected chi connectivity index (χ1v) is 4.91. The smallest absolute Gasteiger partial charge is 0.270 e. The fourth-order valence-corrected chi connectivity index (χ4v) is 0.997. The number of nitro groups is 1. The molecule has 0 fully saturated rings. The molecule has 4 heteroatoms. The molecule has 16 heavy (non-hydrogen) atoms. The predicted molar refractivity (Wildman–Crippen MR) is 63.6 cm³/mol. The van der Waals surface area contributed by atoms with Crippen molar-refractivity contribution in [2.45, 2.75) is 20.3 Å². The van der Waals surface area contributed by atoms with E-state index in [-0.39, 0.29) is 11.5 Å². The van der Waals surface area contributed by atoms with E-state index in [4.69, 9.17) is 0 Å². The van der Waals surface area contributed by atoms with Crippen molar-refractivity contribution in [3.63, 3.8) is 0 Å². The predicted octanol–water partition coefficient (Wildman–Crippen LogP) is 3.38. The Morgan fingerprint density at radius 2 is 2.12 bits per heavy atom. The molecule has 1 rings (SSSR count). The van der Waals surface area contributed by atoms with Crippen LogP contribution in [0.2, 0.25) is 0 Å². The average molecular weight is 221 g/mol. The van der Waals surface area contributed by atoms with Crippen LogP contribution in [0.5, 0.6) is 0 Å². The molecule has 0 N–H and O–H groups in total. The van der Waals surface area contributed by atoms with Crippen LogP contribution in [0.1, 0.15) is 30.6 Å². The molecule has 0 saturated carbocycles. The van der Waals surface area contributed by atoms with Crippen molar-refractivity contribution in [3.05, 3.63) is 52.6 Å². The van der Waals surface area contributed by atoms with Crippen LogP contribution in [0, 0.1) is 10.1 Å². The van der Waals surface area contributed by atoms with E-state index in [2.05, 4.69) is 6.58 Å². The highest BCUT2D eigenvalue weighted by Gasteiger charge is 2.09. The first kappa shape index (κ1) is 14.0. The van der Waals surface area contributed by atoms with Gasteiger partial charge in [0.15, 0.2) is 5.78 Å². The zero-order valence-electron chi connectivity index (χ0n) is 9.47. The molecule has 0 heterocycles. The van der Waals surface area contributed by atoms with Crippen molar-refractivity contribution in [2.75, 3.05) is 0 Å². The lowest BCUT2D eigenvalue weighted by Crippen LogP contribution is -1.97. The molecule has 0 aromatic heterocycles. The molecular weight excluding hydrogens is 206 g/mol. The molecule has 4 nitrogen and oxygen atoms in total. The molecule has 0 aliphatic heterocycles. The third-order valence-electron chi connectivity index (χ3n) is 1.70. The highest BCUT2D eigenvalue weighted by molar-refractivity contribution is 5.96. The maximum Gasteiger partial charge on any atom is 0.270 e. The zero-order chi connectivity index (χ0) is 12.6. The summed E-state index contributed by atoms with van der Waals surface area (Å²) in [6.45, 7) is 6.97. The molecule has 0 aliphatic rings. The Labute approximate surface area is 94.8 Å². The Bertz CT molecular complexity index is 386. The molecule has 1 aromatic rings. The van der Waals surface area contributed by atoms with E-state index in [9.17, 15) is 14.9 Å². The van der Waals surface area contributed by atoms with E-state index in [1.807, 2.05) is 6.92 Å². The first-order valence-electron chi connectivity index (χ1n) is 4.91. The van der Waals surface area contributed by atoms with Gasteiger partial charge in [-0.3, -0.25) is 14.9 Å². The Hall–Kier alpha value is -1.97. The topological polar surface area (TPSA) is 60.2 Å². The summed E-state index contributed by atoms with van der Waals surface area (Å²) >= 11 is 0. The Morgan fingerprint density at radius 1 is 1.56 bits per heavy atom. The Morgan fingerprint density at radius 3 is 2.56 bits per heavy atom. The summed E-state index contributed by atoms with van der Waals surface area (Å²) in [4.78, 5) is 21.0. The van der Waals surface area contributed by atoms with Gasteiger partial charge < -0.3 is 0 Å². The molecule has 0 amide bonds. The van der Waals surface area contributed by atoms with Gasteiger partial charge in [-0.2, -0.15) is 0 Å². The van der Waals surface area contributed by atoms with Crippen LogP contribution in [0.3, 0.4) is 0 Å². The minimum atomic E-state index is -0.508. The van der Waals surface area contributed by atoms with Crippen molar-refractivity contribution < 1.29 is 9.72 Å². The number of carbonyl (C=O) groups is 1. The SMILES string of the molecule is C=CC.CCC(=O)c1cccc([N+](=O)[O-])c1. The molecule has 0 spiro atoms. The number of allylic oxidation sites excluding steroid dienone is 1. The van der Waals surface area contributed by atoms with E-state index >= 15 is 0 Å². The van der Waals surface area contributed by atoms with Gasteiger partial charge >= 0.3 is 0 Å². The Kier molecular flexibility index (Phi) is 6.43. The number of benzene rings is 1. The lowest BCUT2D eigenvalue weighted by Gasteiger charge is -1.96. The van der Waals surface area contributed by atoms with Crippen LogP contribution in [0.4, 0.5) is 5.69 Å². The fourth-order valence-electron chi connectivity index (χ4n) is 0.997. The molecule has 1 aromatic carbocycles. The Balaban J connectivity index is 0.000000673. The van der Waals surface area contributed by atoms with Crippen LogP contribution < -0.4 is 0 Å². The van der Waals surface area contributed by atoms with Crippen LogP contribution >= 0.6 is 0 Å². The van der Waals surface area contributed by atoms with Crippen molar-refractivity contribution in [2.24, 2.45) is 0 Å². The molecule has 86 valence electrons. The lowest BCUT2D eigenvalue weighted by molar-refractivity contribution is -0.384. The second-order valence-electron chi connectivity index (χ2n) is 2.99. The maximum absolute atomic E-state index is 11.2. The molecule has 0 atom stereocenters. The van der Waals surface area contributed by atoms with Gasteiger partial charge in [-0.15, -0.1) is 6.58 Å². The average Bonchev–Trinajstić information content (AvgIpc) is 2.29. The highest BCUT2D eigenvalue weighted by atomic mass is 16.6. The zero-order valence-corrected chi connectivity index (χ0v) is 9.47. The van der Waals surface area contributed by atoms with Crippen molar-refractivity contribution in [1.29, 1.82) is 0 Å². The monoisotopic (exact) mass is 221 g/mol. The van der Waals surface area contributed by atoms with Gasteiger partial charge in [-0.25, -0.2) is 0 Å². The summed E-state index contributed by atoms with van der Waals surface area (Å²) in [6, 6.07) is 5.76. The number of ketones is 1. The van der Waals surface area contributed by atoms with E-state index in [0.29, 0.717) is 12.0 Å². The summed E-state index contributed by atoms with van der Waals surface area (Å²) in [5, 5.41) is 10.4. The lowest BCUT2D eigenvalue weighted by atomic mass is 10.1. The van der Waals surface area contributed by atoms with Gasteiger partial charge in [0, 0.05) is 24.1 Å². The molecular formula is C12H15NO3. The third-order valence-corrected chi connectivity index (χ3v) is 1.70. The molecule has 0 aliphatic carbocycles. The summed E-state index contributed by atoms with van der Waals surface area (Å²) in [7, 11) is 0. The molecule has 0 radical (unpaired) electrons. The van der Waals surface area contributed by atoms with Crippen LogP contribution in [-0.2, 0) is 0 Å². The summed E-state index contributed by atoms with van der Waals surface area (Å²) < 4.78 is 0. The summed E-state index contributed by atoms with van der Waals surface area (Å²) in [5.74, 6) is -0.0799. The number of nitro benzene ring substituents is 1.